The van der Waals surface area contributed by atoms with Gasteiger partial charge in [-0.25, -0.2) is 4.98 Å². The Labute approximate surface area is 243 Å². The topological polar surface area (TPSA) is 60.2 Å². The Morgan fingerprint density at radius 3 is 2.54 bits per heavy atom. The van der Waals surface area contributed by atoms with Gasteiger partial charge in [-0.1, -0.05) is 42.5 Å². The molecule has 0 spiro atoms. The van der Waals surface area contributed by atoms with Crippen LogP contribution in [-0.2, 0) is 24.1 Å². The number of nitrogens with zero attached hydrogens (tertiary/aromatic N) is 4. The van der Waals surface area contributed by atoms with Crippen LogP contribution in [0.15, 0.2) is 89.5 Å². The highest BCUT2D eigenvalue weighted by Crippen LogP contribution is 2.36. The molecular weight excluding hydrogens is 597 g/mol. The van der Waals surface area contributed by atoms with Crippen molar-refractivity contribution in [2.75, 3.05) is 18.6 Å². The molecule has 5 rings (SSSR count). The summed E-state index contributed by atoms with van der Waals surface area (Å²) >= 11 is 3.24. The van der Waals surface area contributed by atoms with E-state index in [0.717, 1.165) is 28.8 Å². The summed E-state index contributed by atoms with van der Waals surface area (Å²) in [6.07, 6.45) is -2.85. The third-order valence-electron chi connectivity index (χ3n) is 6.73. The van der Waals surface area contributed by atoms with Crippen molar-refractivity contribution in [1.82, 2.24) is 14.8 Å². The summed E-state index contributed by atoms with van der Waals surface area (Å²) in [4.78, 5) is 19.6. The number of carbonyl (C=O) groups is 1. The minimum absolute atomic E-state index is 0.213. The molecule has 0 bridgehead atoms. The number of anilines is 1. The second kappa shape index (κ2) is 11.8. The summed E-state index contributed by atoms with van der Waals surface area (Å²) in [7, 11) is 1.71. The molecule has 5 aromatic rings. The lowest BCUT2D eigenvalue weighted by atomic mass is 10.0. The zero-order valence-corrected chi connectivity index (χ0v) is 23.9. The number of rotatable bonds is 8. The maximum atomic E-state index is 13.4. The monoisotopic (exact) mass is 622 g/mol. The van der Waals surface area contributed by atoms with E-state index in [1.807, 2.05) is 55.5 Å². The molecular formula is C31H26BrF3N4O2. The highest BCUT2D eigenvalue weighted by molar-refractivity contribution is 9.10. The van der Waals surface area contributed by atoms with Gasteiger partial charge in [-0.2, -0.15) is 18.3 Å². The second-order valence-corrected chi connectivity index (χ2v) is 10.4. The number of hydrogen-bond donors (Lipinski definition) is 0. The molecule has 210 valence electrons. The van der Waals surface area contributed by atoms with Crippen molar-refractivity contribution in [2.45, 2.75) is 26.3 Å². The first kappa shape index (κ1) is 28.5. The summed E-state index contributed by atoms with van der Waals surface area (Å²) in [5.74, 6) is -0.213. The number of aryl methyl sites for hydroxylation is 1. The van der Waals surface area contributed by atoms with Crippen molar-refractivity contribution < 1.29 is 22.7 Å². The Balaban J connectivity index is 1.30. The van der Waals surface area contributed by atoms with Gasteiger partial charge in [-0.3, -0.25) is 9.48 Å². The maximum absolute atomic E-state index is 13.4. The smallest absolute Gasteiger partial charge is 0.375 e. The summed E-state index contributed by atoms with van der Waals surface area (Å²) in [5.41, 5.74) is 4.15. The maximum Gasteiger partial charge on any atom is 0.416 e. The molecule has 2 heterocycles. The van der Waals surface area contributed by atoms with Crippen molar-refractivity contribution in [2.24, 2.45) is 0 Å². The van der Waals surface area contributed by atoms with E-state index in [0.29, 0.717) is 47.7 Å². The van der Waals surface area contributed by atoms with E-state index in [-0.39, 0.29) is 10.4 Å². The van der Waals surface area contributed by atoms with Crippen molar-refractivity contribution >= 4 is 38.4 Å². The van der Waals surface area contributed by atoms with Gasteiger partial charge in [0.1, 0.15) is 5.69 Å². The molecule has 0 aliphatic carbocycles. The van der Waals surface area contributed by atoms with Crippen LogP contribution in [-0.4, -0.2) is 34.3 Å². The standard InChI is InChI=1S/C31H26BrF3N4O2/c1-20-16-22(26-10-8-23-17-24(31(33,34)35)18-25(32)29(23)37-26)9-11-27(20)38(2)30(40)28-12-13-36-39(28)14-15-41-19-21-6-4-3-5-7-21/h3-13,16-18H,14-15,19H2,1-2H3. The van der Waals surface area contributed by atoms with Gasteiger partial charge >= 0.3 is 6.18 Å². The Bertz CT molecular complexity index is 1700. The van der Waals surface area contributed by atoms with Crippen LogP contribution in [0.1, 0.15) is 27.2 Å². The average molecular weight is 623 g/mol. The van der Waals surface area contributed by atoms with Gasteiger partial charge in [0.15, 0.2) is 0 Å². The van der Waals surface area contributed by atoms with Gasteiger partial charge in [0.05, 0.1) is 36.5 Å². The molecule has 0 fully saturated rings. The quantitative estimate of drug-likeness (QED) is 0.167. The average Bonchev–Trinajstić information content (AvgIpc) is 3.43. The van der Waals surface area contributed by atoms with Crippen LogP contribution in [0.25, 0.3) is 22.2 Å². The van der Waals surface area contributed by atoms with Crippen molar-refractivity contribution in [3.8, 4) is 11.3 Å². The lowest BCUT2D eigenvalue weighted by molar-refractivity contribution is -0.137. The molecule has 10 heteroatoms. The number of hydrogen-bond acceptors (Lipinski definition) is 4. The number of carbonyl (C=O) groups excluding carboxylic acids is 1. The fourth-order valence-electron chi connectivity index (χ4n) is 4.60. The molecule has 0 atom stereocenters. The first-order valence-electron chi connectivity index (χ1n) is 12.8. The predicted octanol–water partition coefficient (Wildman–Crippen LogP) is 7.68. The third kappa shape index (κ3) is 6.34. The van der Waals surface area contributed by atoms with E-state index < -0.39 is 11.7 Å². The van der Waals surface area contributed by atoms with Crippen LogP contribution in [0.5, 0.6) is 0 Å². The van der Waals surface area contributed by atoms with Gasteiger partial charge < -0.3 is 9.64 Å². The number of alkyl halides is 3. The molecule has 1 amide bonds. The molecule has 41 heavy (non-hydrogen) atoms. The Kier molecular flexibility index (Phi) is 8.23. The Morgan fingerprint density at radius 1 is 1.02 bits per heavy atom. The molecule has 0 saturated heterocycles. The summed E-state index contributed by atoms with van der Waals surface area (Å²) < 4.78 is 47.3. The number of aromatic nitrogens is 3. The Morgan fingerprint density at radius 2 is 1.80 bits per heavy atom. The number of pyridine rings is 1. The number of ether oxygens (including phenoxy) is 1. The second-order valence-electron chi connectivity index (χ2n) is 9.57. The van der Waals surface area contributed by atoms with E-state index in [9.17, 15) is 18.0 Å². The third-order valence-corrected chi connectivity index (χ3v) is 7.33. The highest BCUT2D eigenvalue weighted by atomic mass is 79.9. The van der Waals surface area contributed by atoms with Gasteiger partial charge in [0, 0.05) is 34.4 Å². The van der Waals surface area contributed by atoms with Gasteiger partial charge in [-0.15, -0.1) is 0 Å². The number of fused-ring (bicyclic) bond motifs is 1. The predicted molar refractivity (Wildman–Crippen MR) is 156 cm³/mol. The van der Waals surface area contributed by atoms with Crippen LogP contribution >= 0.6 is 15.9 Å². The van der Waals surface area contributed by atoms with E-state index in [1.165, 1.54) is 0 Å². The summed E-state index contributed by atoms with van der Waals surface area (Å²) in [6, 6.07) is 22.6. The van der Waals surface area contributed by atoms with Crippen LogP contribution in [0.4, 0.5) is 18.9 Å². The Hall–Kier alpha value is -4.02. The van der Waals surface area contributed by atoms with Crippen molar-refractivity contribution in [3.63, 3.8) is 0 Å². The van der Waals surface area contributed by atoms with Crippen LogP contribution in [0, 0.1) is 6.92 Å². The molecule has 0 unspecified atom stereocenters. The fourth-order valence-corrected chi connectivity index (χ4v) is 5.16. The number of benzene rings is 3. The van der Waals surface area contributed by atoms with E-state index in [2.05, 4.69) is 26.0 Å². The van der Waals surface area contributed by atoms with E-state index >= 15 is 0 Å². The fraction of sp³-hybridized carbons (Fsp3) is 0.194. The minimum atomic E-state index is -4.44. The molecule has 0 saturated carbocycles. The zero-order chi connectivity index (χ0) is 29.1. The van der Waals surface area contributed by atoms with Crippen LogP contribution in [0.2, 0.25) is 0 Å². The molecule has 0 radical (unpaired) electrons. The molecule has 2 aromatic heterocycles. The summed E-state index contributed by atoms with van der Waals surface area (Å²) in [6.45, 7) is 3.21. The van der Waals surface area contributed by atoms with Crippen LogP contribution < -0.4 is 4.90 Å². The largest absolute Gasteiger partial charge is 0.416 e. The van der Waals surface area contributed by atoms with Gasteiger partial charge in [0.2, 0.25) is 0 Å². The lowest BCUT2D eigenvalue weighted by Gasteiger charge is -2.21. The van der Waals surface area contributed by atoms with E-state index in [1.54, 1.807) is 41.0 Å². The van der Waals surface area contributed by atoms with Gasteiger partial charge in [-0.05, 0) is 70.4 Å². The molecule has 3 aromatic carbocycles. The lowest BCUT2D eigenvalue weighted by Crippen LogP contribution is -2.29. The van der Waals surface area contributed by atoms with Crippen LogP contribution in [0.3, 0.4) is 0 Å². The molecule has 0 aliphatic rings. The van der Waals surface area contributed by atoms with Gasteiger partial charge in [0.25, 0.3) is 5.91 Å². The minimum Gasteiger partial charge on any atom is -0.375 e. The summed E-state index contributed by atoms with van der Waals surface area (Å²) in [5, 5.41) is 4.68. The van der Waals surface area contributed by atoms with E-state index in [4.69, 9.17) is 4.74 Å². The molecule has 0 N–H and O–H groups in total. The SMILES string of the molecule is Cc1cc(-c2ccc3cc(C(F)(F)F)cc(Br)c3n2)ccc1N(C)C(=O)c1ccnn1CCOCc1ccccc1. The zero-order valence-electron chi connectivity index (χ0n) is 22.3. The number of halogens is 4. The first-order chi connectivity index (χ1) is 19.6. The van der Waals surface area contributed by atoms with Crippen molar-refractivity contribution in [1.29, 1.82) is 0 Å². The molecule has 6 nitrogen and oxygen atoms in total. The first-order valence-corrected chi connectivity index (χ1v) is 13.6. The van der Waals surface area contributed by atoms with Crippen molar-refractivity contribution in [3.05, 3.63) is 112 Å². The molecule has 0 aliphatic heterocycles. The highest BCUT2D eigenvalue weighted by Gasteiger charge is 2.31. The normalized spacial score (nSPS) is 11.7. The number of amides is 1.